The van der Waals surface area contributed by atoms with Crippen LogP contribution in [-0.2, 0) is 0 Å². The maximum absolute atomic E-state index is 5.84. The lowest BCUT2D eigenvalue weighted by Crippen LogP contribution is -2.31. The number of nitrogens with two attached hydrogens (primary N) is 1. The predicted molar refractivity (Wildman–Crippen MR) is 71.5 cm³/mol. The van der Waals surface area contributed by atoms with Gasteiger partial charge in [-0.2, -0.15) is 15.0 Å². The molecule has 1 aliphatic heterocycles. The number of anilines is 2. The van der Waals surface area contributed by atoms with Gasteiger partial charge in [-0.15, -0.1) is 0 Å². The van der Waals surface area contributed by atoms with Gasteiger partial charge in [0.25, 0.3) is 0 Å². The second kappa shape index (κ2) is 5.08. The first kappa shape index (κ1) is 11.7. The fourth-order valence-corrected chi connectivity index (χ4v) is 3.00. The van der Waals surface area contributed by atoms with Crippen molar-refractivity contribution in [2.75, 3.05) is 23.7 Å². The Balaban J connectivity index is 1.84. The molecule has 5 heteroatoms. The summed E-state index contributed by atoms with van der Waals surface area (Å²) in [5.74, 6) is 2.59. The van der Waals surface area contributed by atoms with Gasteiger partial charge in [0.2, 0.25) is 11.9 Å². The molecule has 5 nitrogen and oxygen atoms in total. The molecule has 0 amide bonds. The van der Waals surface area contributed by atoms with Crippen molar-refractivity contribution in [3.8, 4) is 0 Å². The fourth-order valence-electron chi connectivity index (χ4n) is 3.00. The van der Waals surface area contributed by atoms with Gasteiger partial charge >= 0.3 is 0 Å². The molecular formula is C13H21N5. The van der Waals surface area contributed by atoms with Crippen LogP contribution in [0.15, 0.2) is 0 Å². The van der Waals surface area contributed by atoms with E-state index in [0.717, 1.165) is 24.9 Å². The zero-order valence-electron chi connectivity index (χ0n) is 10.8. The summed E-state index contributed by atoms with van der Waals surface area (Å²) in [7, 11) is 0. The molecule has 1 saturated carbocycles. The number of nitrogens with zero attached hydrogens (tertiary/aromatic N) is 4. The summed E-state index contributed by atoms with van der Waals surface area (Å²) in [6, 6.07) is 0. The van der Waals surface area contributed by atoms with Gasteiger partial charge in [-0.3, -0.25) is 0 Å². The summed E-state index contributed by atoms with van der Waals surface area (Å²) in [5.41, 5.74) is 5.84. The quantitative estimate of drug-likeness (QED) is 0.866. The van der Waals surface area contributed by atoms with E-state index in [2.05, 4.69) is 19.9 Å². The summed E-state index contributed by atoms with van der Waals surface area (Å²) in [6.45, 7) is 2.10. The molecule has 1 saturated heterocycles. The van der Waals surface area contributed by atoms with Crippen LogP contribution in [-0.4, -0.2) is 28.0 Å². The molecular weight excluding hydrogens is 226 g/mol. The first-order chi connectivity index (χ1) is 8.83. The molecule has 1 aromatic heterocycles. The summed E-state index contributed by atoms with van der Waals surface area (Å²) in [4.78, 5) is 15.6. The maximum atomic E-state index is 5.84. The first-order valence-electron chi connectivity index (χ1n) is 7.09. The van der Waals surface area contributed by atoms with Crippen molar-refractivity contribution in [3.05, 3.63) is 5.82 Å². The Labute approximate surface area is 108 Å². The van der Waals surface area contributed by atoms with Gasteiger partial charge in [0.1, 0.15) is 5.82 Å². The third-order valence-electron chi connectivity index (χ3n) is 4.02. The average Bonchev–Trinajstić information content (AvgIpc) is 2.93. The SMILES string of the molecule is Nc1nc(C2CCCC2)nc(N2CCCCC2)n1. The average molecular weight is 247 g/mol. The Kier molecular flexibility index (Phi) is 3.30. The van der Waals surface area contributed by atoms with Crippen molar-refractivity contribution in [2.45, 2.75) is 50.9 Å². The smallest absolute Gasteiger partial charge is 0.230 e. The molecule has 1 aliphatic carbocycles. The summed E-state index contributed by atoms with van der Waals surface area (Å²) in [6.07, 6.45) is 8.73. The van der Waals surface area contributed by atoms with Crippen LogP contribution in [0.25, 0.3) is 0 Å². The Hall–Kier alpha value is -1.39. The molecule has 18 heavy (non-hydrogen) atoms. The maximum Gasteiger partial charge on any atom is 0.230 e. The molecule has 0 radical (unpaired) electrons. The fraction of sp³-hybridized carbons (Fsp3) is 0.769. The molecule has 0 spiro atoms. The molecule has 0 atom stereocenters. The lowest BCUT2D eigenvalue weighted by molar-refractivity contribution is 0.562. The summed E-state index contributed by atoms with van der Waals surface area (Å²) < 4.78 is 0. The van der Waals surface area contributed by atoms with Gasteiger partial charge in [-0.05, 0) is 32.1 Å². The Morgan fingerprint density at radius 2 is 1.61 bits per heavy atom. The lowest BCUT2D eigenvalue weighted by Gasteiger charge is -2.27. The molecule has 98 valence electrons. The zero-order valence-corrected chi connectivity index (χ0v) is 10.8. The highest BCUT2D eigenvalue weighted by molar-refractivity contribution is 5.35. The minimum atomic E-state index is 0.382. The van der Waals surface area contributed by atoms with E-state index >= 15 is 0 Å². The Morgan fingerprint density at radius 3 is 2.33 bits per heavy atom. The molecule has 0 unspecified atom stereocenters. The van der Waals surface area contributed by atoms with Gasteiger partial charge < -0.3 is 10.6 Å². The van der Waals surface area contributed by atoms with Gasteiger partial charge in [0.15, 0.2) is 0 Å². The second-order valence-electron chi connectivity index (χ2n) is 5.38. The van der Waals surface area contributed by atoms with Gasteiger partial charge in [-0.1, -0.05) is 12.8 Å². The first-order valence-corrected chi connectivity index (χ1v) is 7.09. The lowest BCUT2D eigenvalue weighted by atomic mass is 10.1. The molecule has 2 N–H and O–H groups in total. The normalized spacial score (nSPS) is 21.4. The second-order valence-corrected chi connectivity index (χ2v) is 5.38. The van der Waals surface area contributed by atoms with E-state index in [1.165, 1.54) is 44.9 Å². The van der Waals surface area contributed by atoms with E-state index in [-0.39, 0.29) is 0 Å². The van der Waals surface area contributed by atoms with Crippen LogP contribution in [0.5, 0.6) is 0 Å². The molecule has 3 rings (SSSR count). The third-order valence-corrected chi connectivity index (χ3v) is 4.02. The highest BCUT2D eigenvalue weighted by Gasteiger charge is 2.22. The topological polar surface area (TPSA) is 67.9 Å². The Morgan fingerprint density at radius 1 is 0.889 bits per heavy atom. The van der Waals surface area contributed by atoms with Gasteiger partial charge in [0, 0.05) is 19.0 Å². The largest absolute Gasteiger partial charge is 0.368 e. The number of piperidine rings is 1. The standard InChI is InChI=1S/C13H21N5/c14-12-15-11(10-6-2-3-7-10)16-13(17-12)18-8-4-1-5-9-18/h10H,1-9H2,(H2,14,15,16,17). The highest BCUT2D eigenvalue weighted by atomic mass is 15.3. The van der Waals surface area contributed by atoms with E-state index < -0.39 is 0 Å². The number of aromatic nitrogens is 3. The molecule has 2 heterocycles. The van der Waals surface area contributed by atoms with Crippen LogP contribution in [0.3, 0.4) is 0 Å². The van der Waals surface area contributed by atoms with E-state index in [4.69, 9.17) is 5.73 Å². The van der Waals surface area contributed by atoms with Crippen molar-refractivity contribution in [3.63, 3.8) is 0 Å². The molecule has 2 aliphatic rings. The highest BCUT2D eigenvalue weighted by Crippen LogP contribution is 2.32. The van der Waals surface area contributed by atoms with Crippen molar-refractivity contribution in [2.24, 2.45) is 0 Å². The van der Waals surface area contributed by atoms with Crippen LogP contribution in [0, 0.1) is 0 Å². The van der Waals surface area contributed by atoms with Crippen LogP contribution >= 0.6 is 0 Å². The van der Waals surface area contributed by atoms with Crippen molar-refractivity contribution in [1.29, 1.82) is 0 Å². The number of hydrogen-bond donors (Lipinski definition) is 1. The van der Waals surface area contributed by atoms with E-state index in [1.54, 1.807) is 0 Å². The van der Waals surface area contributed by atoms with E-state index in [9.17, 15) is 0 Å². The van der Waals surface area contributed by atoms with E-state index in [0.29, 0.717) is 11.9 Å². The predicted octanol–water partition coefficient (Wildman–Crippen LogP) is 2.10. The third kappa shape index (κ3) is 2.40. The summed E-state index contributed by atoms with van der Waals surface area (Å²) >= 11 is 0. The number of hydrogen-bond acceptors (Lipinski definition) is 5. The minimum absolute atomic E-state index is 0.382. The van der Waals surface area contributed by atoms with Crippen molar-refractivity contribution >= 4 is 11.9 Å². The monoisotopic (exact) mass is 247 g/mol. The van der Waals surface area contributed by atoms with Crippen LogP contribution in [0.1, 0.15) is 56.7 Å². The Bertz CT molecular complexity index is 408. The van der Waals surface area contributed by atoms with Crippen molar-refractivity contribution in [1.82, 2.24) is 15.0 Å². The number of nitrogen functional groups attached to an aromatic ring is 1. The molecule has 2 fully saturated rings. The molecule has 1 aromatic rings. The van der Waals surface area contributed by atoms with Crippen LogP contribution in [0.4, 0.5) is 11.9 Å². The molecule has 0 bridgehead atoms. The van der Waals surface area contributed by atoms with Crippen LogP contribution in [0.2, 0.25) is 0 Å². The minimum Gasteiger partial charge on any atom is -0.368 e. The zero-order chi connectivity index (χ0) is 12.4. The van der Waals surface area contributed by atoms with Crippen LogP contribution < -0.4 is 10.6 Å². The van der Waals surface area contributed by atoms with E-state index in [1.807, 2.05) is 0 Å². The van der Waals surface area contributed by atoms with Gasteiger partial charge in [0.05, 0.1) is 0 Å². The number of rotatable bonds is 2. The van der Waals surface area contributed by atoms with Gasteiger partial charge in [-0.25, -0.2) is 0 Å². The summed E-state index contributed by atoms with van der Waals surface area (Å²) in [5, 5.41) is 0. The van der Waals surface area contributed by atoms with Crippen molar-refractivity contribution < 1.29 is 0 Å². The molecule has 0 aromatic carbocycles.